The minimum atomic E-state index is 0.674. The van der Waals surface area contributed by atoms with Crippen LogP contribution in [0.4, 0.5) is 0 Å². The highest BCUT2D eigenvalue weighted by atomic mass is 16.5. The Morgan fingerprint density at radius 2 is 2.08 bits per heavy atom. The van der Waals surface area contributed by atoms with E-state index in [0.717, 1.165) is 41.7 Å². The number of benzene rings is 1. The van der Waals surface area contributed by atoms with E-state index >= 15 is 0 Å². The summed E-state index contributed by atoms with van der Waals surface area (Å²) in [5.41, 5.74) is 1.06. The summed E-state index contributed by atoms with van der Waals surface area (Å²) in [4.78, 5) is 6.38. The molecule has 0 unspecified atom stereocenters. The molecule has 0 fully saturated rings. The van der Waals surface area contributed by atoms with E-state index in [4.69, 9.17) is 13.9 Å². The lowest BCUT2D eigenvalue weighted by Gasteiger charge is -2.23. The van der Waals surface area contributed by atoms with Gasteiger partial charge in [-0.25, -0.2) is 0 Å². The number of guanidine groups is 1. The van der Waals surface area contributed by atoms with Crippen molar-refractivity contribution in [2.24, 2.45) is 4.99 Å². The van der Waals surface area contributed by atoms with Crippen molar-refractivity contribution in [2.45, 2.75) is 13.0 Å². The number of methoxy groups -OCH3 is 2. The molecule has 2 aromatic rings. The minimum Gasteiger partial charge on any atom is -0.497 e. The van der Waals surface area contributed by atoms with E-state index in [9.17, 15) is 0 Å². The fraction of sp³-hybridized carbons (Fsp3) is 0.389. The zero-order valence-corrected chi connectivity index (χ0v) is 14.7. The van der Waals surface area contributed by atoms with Crippen LogP contribution in [0.3, 0.4) is 0 Å². The van der Waals surface area contributed by atoms with Crippen LogP contribution in [-0.4, -0.2) is 45.7 Å². The first-order chi connectivity index (χ1) is 11.7. The maximum atomic E-state index is 5.45. The Hall–Kier alpha value is -2.63. The second-order valence-electron chi connectivity index (χ2n) is 5.34. The van der Waals surface area contributed by atoms with Gasteiger partial charge < -0.3 is 24.1 Å². The van der Waals surface area contributed by atoms with Crippen LogP contribution < -0.4 is 14.8 Å². The molecule has 0 aliphatic heterocycles. The van der Waals surface area contributed by atoms with Gasteiger partial charge in [0, 0.05) is 45.2 Å². The van der Waals surface area contributed by atoms with E-state index in [2.05, 4.69) is 10.3 Å². The molecule has 0 saturated heterocycles. The molecule has 0 bridgehead atoms. The van der Waals surface area contributed by atoms with Gasteiger partial charge in [0.15, 0.2) is 5.96 Å². The lowest BCUT2D eigenvalue weighted by atomic mass is 10.2. The third kappa shape index (κ3) is 4.68. The molecule has 0 spiro atoms. The highest BCUT2D eigenvalue weighted by molar-refractivity contribution is 5.79. The summed E-state index contributed by atoms with van der Waals surface area (Å²) in [5, 5.41) is 3.34. The van der Waals surface area contributed by atoms with Gasteiger partial charge in [0.1, 0.15) is 17.3 Å². The fourth-order valence-corrected chi connectivity index (χ4v) is 2.45. The van der Waals surface area contributed by atoms with E-state index in [1.54, 1.807) is 27.5 Å². The van der Waals surface area contributed by atoms with Gasteiger partial charge in [-0.15, -0.1) is 0 Å². The first kappa shape index (κ1) is 17.7. The summed E-state index contributed by atoms with van der Waals surface area (Å²) in [6.45, 7) is 1.43. The molecule has 0 saturated carbocycles. The Labute approximate surface area is 143 Å². The molecule has 0 amide bonds. The van der Waals surface area contributed by atoms with E-state index in [1.807, 2.05) is 42.3 Å². The zero-order valence-electron chi connectivity index (χ0n) is 14.7. The number of nitrogens with one attached hydrogen (secondary N) is 1. The van der Waals surface area contributed by atoms with Crippen molar-refractivity contribution in [3.63, 3.8) is 0 Å². The van der Waals surface area contributed by atoms with Gasteiger partial charge in [-0.05, 0) is 24.3 Å². The fourth-order valence-electron chi connectivity index (χ4n) is 2.45. The molecular formula is C18H25N3O3. The standard InChI is InChI=1S/C18H25N3O3/c1-19-18(20-10-9-15-6-5-11-24-15)21(2)13-14-7-8-16(22-3)12-17(14)23-4/h5-8,11-12H,9-10,13H2,1-4H3,(H,19,20). The number of nitrogens with zero attached hydrogens (tertiary/aromatic N) is 2. The van der Waals surface area contributed by atoms with Crippen LogP contribution in [-0.2, 0) is 13.0 Å². The molecule has 1 aromatic heterocycles. The Kier molecular flexibility index (Phi) is 6.54. The summed E-state index contributed by atoms with van der Waals surface area (Å²) >= 11 is 0. The quantitative estimate of drug-likeness (QED) is 0.624. The zero-order chi connectivity index (χ0) is 17.4. The highest BCUT2D eigenvalue weighted by Crippen LogP contribution is 2.25. The molecule has 130 valence electrons. The number of aliphatic imine (C=N–C) groups is 1. The Morgan fingerprint density at radius 3 is 2.71 bits per heavy atom. The molecule has 6 heteroatoms. The van der Waals surface area contributed by atoms with E-state index < -0.39 is 0 Å². The minimum absolute atomic E-state index is 0.674. The molecule has 0 aliphatic carbocycles. The number of furan rings is 1. The average molecular weight is 331 g/mol. The summed E-state index contributed by atoms with van der Waals surface area (Å²) in [5.74, 6) is 3.35. The maximum absolute atomic E-state index is 5.45. The molecule has 1 aromatic carbocycles. The van der Waals surface area contributed by atoms with Gasteiger partial charge in [-0.2, -0.15) is 0 Å². The topological polar surface area (TPSA) is 59.2 Å². The Morgan fingerprint density at radius 1 is 1.25 bits per heavy atom. The van der Waals surface area contributed by atoms with Crippen molar-refractivity contribution in [1.29, 1.82) is 0 Å². The van der Waals surface area contributed by atoms with Crippen LogP contribution in [0.1, 0.15) is 11.3 Å². The van der Waals surface area contributed by atoms with Gasteiger partial charge in [-0.1, -0.05) is 0 Å². The van der Waals surface area contributed by atoms with Crippen LogP contribution in [0.2, 0.25) is 0 Å². The van der Waals surface area contributed by atoms with E-state index in [1.165, 1.54) is 0 Å². The van der Waals surface area contributed by atoms with Gasteiger partial charge in [-0.3, -0.25) is 4.99 Å². The predicted octanol–water partition coefficient (Wildman–Crippen LogP) is 2.55. The van der Waals surface area contributed by atoms with Crippen LogP contribution in [0.25, 0.3) is 0 Å². The number of rotatable bonds is 7. The van der Waals surface area contributed by atoms with Gasteiger partial charge in [0.05, 0.1) is 20.5 Å². The Balaban J connectivity index is 1.95. The van der Waals surface area contributed by atoms with Gasteiger partial charge in [0.25, 0.3) is 0 Å². The largest absolute Gasteiger partial charge is 0.497 e. The average Bonchev–Trinajstić information content (AvgIpc) is 3.12. The van der Waals surface area contributed by atoms with Crippen molar-refractivity contribution in [2.75, 3.05) is 34.9 Å². The molecule has 0 radical (unpaired) electrons. The van der Waals surface area contributed by atoms with Crippen molar-refractivity contribution < 1.29 is 13.9 Å². The number of hydrogen-bond donors (Lipinski definition) is 1. The Bertz CT molecular complexity index is 654. The SMILES string of the molecule is CN=C(NCCc1ccco1)N(C)Cc1ccc(OC)cc1OC. The first-order valence-corrected chi connectivity index (χ1v) is 7.83. The predicted molar refractivity (Wildman–Crippen MR) is 94.8 cm³/mol. The van der Waals surface area contributed by atoms with E-state index in [-0.39, 0.29) is 0 Å². The normalized spacial score (nSPS) is 11.2. The summed E-state index contributed by atoms with van der Waals surface area (Å²) in [6, 6.07) is 9.68. The molecule has 2 rings (SSSR count). The monoisotopic (exact) mass is 331 g/mol. The second-order valence-corrected chi connectivity index (χ2v) is 5.34. The molecule has 1 heterocycles. The van der Waals surface area contributed by atoms with Crippen molar-refractivity contribution in [3.05, 3.63) is 47.9 Å². The van der Waals surface area contributed by atoms with Crippen molar-refractivity contribution >= 4 is 5.96 Å². The van der Waals surface area contributed by atoms with Crippen LogP contribution in [0.15, 0.2) is 46.0 Å². The first-order valence-electron chi connectivity index (χ1n) is 7.83. The summed E-state index contributed by atoms with van der Waals surface area (Å²) < 4.78 is 16.0. The number of ether oxygens (including phenoxy) is 2. The third-order valence-electron chi connectivity index (χ3n) is 3.71. The number of hydrogen-bond acceptors (Lipinski definition) is 4. The molecule has 6 nitrogen and oxygen atoms in total. The van der Waals surface area contributed by atoms with Crippen molar-refractivity contribution in [3.8, 4) is 11.5 Å². The van der Waals surface area contributed by atoms with Gasteiger partial charge in [0.2, 0.25) is 0 Å². The van der Waals surface area contributed by atoms with Crippen LogP contribution in [0, 0.1) is 0 Å². The van der Waals surface area contributed by atoms with Crippen molar-refractivity contribution in [1.82, 2.24) is 10.2 Å². The van der Waals surface area contributed by atoms with Crippen LogP contribution in [0.5, 0.6) is 11.5 Å². The molecule has 24 heavy (non-hydrogen) atoms. The summed E-state index contributed by atoms with van der Waals surface area (Å²) in [7, 11) is 7.07. The van der Waals surface area contributed by atoms with Crippen LogP contribution >= 0.6 is 0 Å². The lowest BCUT2D eigenvalue weighted by Crippen LogP contribution is -2.39. The summed E-state index contributed by atoms with van der Waals surface area (Å²) in [6.07, 6.45) is 2.50. The molecule has 1 N–H and O–H groups in total. The smallest absolute Gasteiger partial charge is 0.193 e. The molecular weight excluding hydrogens is 306 g/mol. The lowest BCUT2D eigenvalue weighted by molar-refractivity contribution is 0.382. The van der Waals surface area contributed by atoms with E-state index in [0.29, 0.717) is 6.54 Å². The van der Waals surface area contributed by atoms with Gasteiger partial charge >= 0.3 is 0 Å². The third-order valence-corrected chi connectivity index (χ3v) is 3.71. The molecule has 0 aliphatic rings. The second kappa shape index (κ2) is 8.86. The molecule has 0 atom stereocenters. The highest BCUT2D eigenvalue weighted by Gasteiger charge is 2.11. The maximum Gasteiger partial charge on any atom is 0.193 e.